The molecule has 0 aromatic heterocycles. The van der Waals surface area contributed by atoms with Crippen molar-refractivity contribution in [1.29, 1.82) is 0 Å². The number of esters is 1. The molecule has 1 atom stereocenters. The molecule has 0 saturated carbocycles. The van der Waals surface area contributed by atoms with Crippen LogP contribution in [0, 0.1) is 5.92 Å². The third-order valence-corrected chi connectivity index (χ3v) is 6.83. The number of hydrogen-bond donors (Lipinski definition) is 2. The molecule has 1 aliphatic heterocycles. The Balaban J connectivity index is 2.06. The maximum atomic E-state index is 13.0. The topological polar surface area (TPSA) is 122 Å². The van der Waals surface area contributed by atoms with E-state index in [1.807, 2.05) is 12.2 Å². The number of rotatable bonds is 5. The number of carbonyl (C=O) groups is 3. The molecule has 3 amide bonds. The number of sulfonamides is 1. The van der Waals surface area contributed by atoms with Crippen LogP contribution in [0.4, 0.5) is 4.79 Å². The quantitative estimate of drug-likeness (QED) is 0.633. The predicted molar refractivity (Wildman–Crippen MR) is 115 cm³/mol. The Kier molecular flexibility index (Phi) is 8.07. The van der Waals surface area contributed by atoms with Gasteiger partial charge in [-0.2, -0.15) is 4.31 Å². The molecule has 0 spiro atoms. The number of benzene rings is 1. The second-order valence-electron chi connectivity index (χ2n) is 8.58. The van der Waals surface area contributed by atoms with Gasteiger partial charge in [-0.1, -0.05) is 18.5 Å². The molecule has 31 heavy (non-hydrogen) atoms. The van der Waals surface area contributed by atoms with E-state index in [0.29, 0.717) is 13.1 Å². The van der Waals surface area contributed by atoms with Gasteiger partial charge in [0.1, 0.15) is 4.90 Å². The largest absolute Gasteiger partial charge is 0.452 e. The Bertz CT molecular complexity index is 958. The minimum absolute atomic E-state index is 0.00799. The number of nitrogens with one attached hydrogen (secondary N) is 2. The highest BCUT2D eigenvalue weighted by Gasteiger charge is 2.31. The summed E-state index contributed by atoms with van der Waals surface area (Å²) in [6, 6.07) is 3.04. The van der Waals surface area contributed by atoms with Gasteiger partial charge in [0, 0.05) is 18.6 Å². The van der Waals surface area contributed by atoms with E-state index in [1.165, 1.54) is 16.4 Å². The van der Waals surface area contributed by atoms with E-state index in [2.05, 4.69) is 5.32 Å². The second-order valence-corrected chi connectivity index (χ2v) is 10.9. The molecular weight excluding hydrogens is 446 g/mol. The third kappa shape index (κ3) is 7.19. The van der Waals surface area contributed by atoms with Crippen molar-refractivity contribution in [3.8, 4) is 0 Å². The molecule has 2 N–H and O–H groups in total. The van der Waals surface area contributed by atoms with Gasteiger partial charge in [-0.15, -0.1) is 0 Å². The van der Waals surface area contributed by atoms with E-state index >= 15 is 0 Å². The van der Waals surface area contributed by atoms with Crippen molar-refractivity contribution < 1.29 is 27.5 Å². The van der Waals surface area contributed by atoms with E-state index in [-0.39, 0.29) is 21.4 Å². The lowest BCUT2D eigenvalue weighted by Gasteiger charge is -2.30. The van der Waals surface area contributed by atoms with Gasteiger partial charge in [0.25, 0.3) is 5.91 Å². The van der Waals surface area contributed by atoms with Crippen molar-refractivity contribution in [2.24, 2.45) is 5.92 Å². The van der Waals surface area contributed by atoms with Gasteiger partial charge < -0.3 is 10.1 Å². The fraction of sp³-hybridized carbons (Fsp3) is 0.550. The maximum Gasteiger partial charge on any atom is 0.338 e. The molecule has 0 bridgehead atoms. The van der Waals surface area contributed by atoms with Crippen molar-refractivity contribution in [3.05, 3.63) is 28.8 Å². The number of piperidine rings is 1. The van der Waals surface area contributed by atoms with Crippen molar-refractivity contribution in [2.75, 3.05) is 19.7 Å². The minimum atomic E-state index is -3.88. The van der Waals surface area contributed by atoms with Gasteiger partial charge >= 0.3 is 12.0 Å². The first kappa shape index (κ1) is 25.1. The lowest BCUT2D eigenvalue weighted by molar-refractivity contribution is -0.123. The number of ether oxygens (including phenoxy) is 1. The van der Waals surface area contributed by atoms with Crippen molar-refractivity contribution >= 4 is 39.5 Å². The molecule has 1 saturated heterocycles. The highest BCUT2D eigenvalue weighted by molar-refractivity contribution is 7.89. The number of amides is 3. The number of halogens is 1. The SMILES string of the molecule is CC1CCCN(S(=O)(=O)c2cc(C(=O)OCC(=O)NC(=O)NC(C)(C)C)ccc2Cl)C1. The summed E-state index contributed by atoms with van der Waals surface area (Å²) in [5.74, 6) is -1.50. The highest BCUT2D eigenvalue weighted by Crippen LogP contribution is 2.29. The third-order valence-electron chi connectivity index (χ3n) is 4.48. The summed E-state index contributed by atoms with van der Waals surface area (Å²) >= 11 is 6.11. The summed E-state index contributed by atoms with van der Waals surface area (Å²) in [6.45, 7) is 7.27. The van der Waals surface area contributed by atoms with Crippen molar-refractivity contribution in [1.82, 2.24) is 14.9 Å². The first-order chi connectivity index (χ1) is 14.3. The molecule has 1 aromatic rings. The number of hydrogen-bond acceptors (Lipinski definition) is 6. The fourth-order valence-electron chi connectivity index (χ4n) is 3.08. The summed E-state index contributed by atoms with van der Waals surface area (Å²) in [5.41, 5.74) is -0.613. The summed E-state index contributed by atoms with van der Waals surface area (Å²) in [6.07, 6.45) is 1.69. The zero-order chi connectivity index (χ0) is 23.4. The van der Waals surface area contributed by atoms with Crippen LogP contribution >= 0.6 is 11.6 Å². The van der Waals surface area contributed by atoms with Crippen LogP contribution in [0.15, 0.2) is 23.1 Å². The summed E-state index contributed by atoms with van der Waals surface area (Å²) in [5, 5.41) is 4.57. The monoisotopic (exact) mass is 473 g/mol. The normalized spacial score (nSPS) is 17.6. The summed E-state index contributed by atoms with van der Waals surface area (Å²) in [7, 11) is -3.88. The van der Waals surface area contributed by atoms with E-state index in [0.717, 1.165) is 18.9 Å². The second kappa shape index (κ2) is 9.97. The lowest BCUT2D eigenvalue weighted by atomic mass is 10.0. The predicted octanol–water partition coefficient (Wildman–Crippen LogP) is 2.54. The number of nitrogens with zero attached hydrogens (tertiary/aromatic N) is 1. The average molecular weight is 474 g/mol. The number of carbonyl (C=O) groups excluding carboxylic acids is 3. The first-order valence-electron chi connectivity index (χ1n) is 9.88. The Morgan fingerprint density at radius 1 is 1.26 bits per heavy atom. The van der Waals surface area contributed by atoms with Gasteiger partial charge in [-0.05, 0) is 57.7 Å². The number of urea groups is 1. The summed E-state index contributed by atoms with van der Waals surface area (Å²) in [4.78, 5) is 35.6. The Morgan fingerprint density at radius 2 is 1.94 bits per heavy atom. The fourth-order valence-corrected chi connectivity index (χ4v) is 5.18. The van der Waals surface area contributed by atoms with E-state index in [1.54, 1.807) is 20.8 Å². The zero-order valence-electron chi connectivity index (χ0n) is 18.0. The average Bonchev–Trinajstić information content (AvgIpc) is 2.64. The van der Waals surface area contributed by atoms with Crippen molar-refractivity contribution in [3.63, 3.8) is 0 Å². The van der Waals surface area contributed by atoms with E-state index in [4.69, 9.17) is 16.3 Å². The van der Waals surface area contributed by atoms with Crippen LogP contribution in [0.5, 0.6) is 0 Å². The molecule has 1 aliphatic rings. The van der Waals surface area contributed by atoms with Gasteiger partial charge in [0.15, 0.2) is 6.61 Å². The van der Waals surface area contributed by atoms with Gasteiger partial charge in [-0.3, -0.25) is 10.1 Å². The van der Waals surface area contributed by atoms with Crippen LogP contribution in [0.1, 0.15) is 50.9 Å². The van der Waals surface area contributed by atoms with Crippen LogP contribution < -0.4 is 10.6 Å². The Morgan fingerprint density at radius 3 is 2.55 bits per heavy atom. The highest BCUT2D eigenvalue weighted by atomic mass is 35.5. The summed E-state index contributed by atoms with van der Waals surface area (Å²) < 4.78 is 32.3. The molecule has 0 radical (unpaired) electrons. The Hall–Kier alpha value is -2.17. The lowest BCUT2D eigenvalue weighted by Crippen LogP contribution is -2.49. The first-order valence-corrected chi connectivity index (χ1v) is 11.7. The van der Waals surface area contributed by atoms with Gasteiger partial charge in [0.05, 0.1) is 10.6 Å². The molecule has 1 unspecified atom stereocenters. The molecule has 1 heterocycles. The standard InChI is InChI=1S/C20H28ClN3O6S/c1-13-6-5-9-24(11-13)31(28,29)16-10-14(7-8-15(16)21)18(26)30-12-17(25)22-19(27)23-20(2,3)4/h7-8,10,13H,5-6,9,11-12H2,1-4H3,(H2,22,23,25,27). The molecule has 0 aliphatic carbocycles. The molecule has 11 heteroatoms. The zero-order valence-corrected chi connectivity index (χ0v) is 19.6. The van der Waals surface area contributed by atoms with Crippen LogP contribution in [0.25, 0.3) is 0 Å². The molecule has 9 nitrogen and oxygen atoms in total. The molecule has 1 fully saturated rings. The molecule has 2 rings (SSSR count). The van der Waals surface area contributed by atoms with Crippen LogP contribution in [0.3, 0.4) is 0 Å². The molecule has 172 valence electrons. The van der Waals surface area contributed by atoms with Gasteiger partial charge in [0.2, 0.25) is 10.0 Å². The molecular formula is C20H28ClN3O6S. The minimum Gasteiger partial charge on any atom is -0.452 e. The van der Waals surface area contributed by atoms with Crippen molar-refractivity contribution in [2.45, 2.75) is 51.0 Å². The van der Waals surface area contributed by atoms with Crippen LogP contribution in [-0.4, -0.2) is 55.9 Å². The van der Waals surface area contributed by atoms with Gasteiger partial charge in [-0.25, -0.2) is 18.0 Å². The van der Waals surface area contributed by atoms with E-state index < -0.39 is 40.1 Å². The van der Waals surface area contributed by atoms with Crippen LogP contribution in [-0.2, 0) is 19.6 Å². The van der Waals surface area contributed by atoms with Crippen LogP contribution in [0.2, 0.25) is 5.02 Å². The van der Waals surface area contributed by atoms with E-state index in [9.17, 15) is 22.8 Å². The smallest absolute Gasteiger partial charge is 0.338 e. The number of imide groups is 1. The molecule has 1 aromatic carbocycles. The maximum absolute atomic E-state index is 13.0. The Labute approximate surface area is 187 Å².